The number of phenols is 1. The van der Waals surface area contributed by atoms with Gasteiger partial charge in [0.15, 0.2) is 5.78 Å². The smallest absolute Gasteiger partial charge is 0.248 e. The van der Waals surface area contributed by atoms with Gasteiger partial charge in [0.2, 0.25) is 5.91 Å². The molecule has 0 bridgehead atoms. The molecule has 1 aromatic carbocycles. The normalized spacial score (nSPS) is 29.6. The number of hydrogen-bond donors (Lipinski definition) is 4. The highest BCUT2D eigenvalue weighted by Crippen LogP contribution is 2.55. The van der Waals surface area contributed by atoms with Gasteiger partial charge >= 0.3 is 0 Å². The molecule has 5 rings (SSSR count). The Morgan fingerprint density at radius 3 is 2.54 bits per heavy atom. The van der Waals surface area contributed by atoms with Gasteiger partial charge < -0.3 is 40.2 Å². The van der Waals surface area contributed by atoms with Crippen LogP contribution in [0, 0.1) is 17.8 Å². The lowest BCUT2D eigenvalue weighted by atomic mass is 9.57. The zero-order valence-electron chi connectivity index (χ0n) is 24.4. The van der Waals surface area contributed by atoms with Crippen molar-refractivity contribution in [3.05, 3.63) is 39.7 Å². The third kappa shape index (κ3) is 4.68. The third-order valence-corrected chi connectivity index (χ3v) is 9.42. The number of nitrogens with zero attached hydrogens (tertiary/aromatic N) is 2. The number of fused-ring (bicyclic) bond motifs is 3. The SMILES string of the molecule is COc1c(CN(C)CC2CCOC2)cc(O)c2c1C[C@H]1C[C@H]3[C@H](N(C)C)C(O)=C(C(N)=O)C[C@@]3(OC)C(=O)C1=C2O. The van der Waals surface area contributed by atoms with E-state index in [4.69, 9.17) is 19.9 Å². The minimum Gasteiger partial charge on any atom is -0.510 e. The van der Waals surface area contributed by atoms with Crippen LogP contribution in [-0.2, 0) is 32.0 Å². The molecule has 1 saturated heterocycles. The predicted octanol–water partition coefficient (Wildman–Crippen LogP) is 1.92. The number of amides is 1. The molecule has 1 aliphatic heterocycles. The Balaban J connectivity index is 1.58. The van der Waals surface area contributed by atoms with E-state index in [0.717, 1.165) is 31.7 Å². The summed E-state index contributed by atoms with van der Waals surface area (Å²) >= 11 is 0. The van der Waals surface area contributed by atoms with E-state index in [1.807, 2.05) is 7.05 Å². The van der Waals surface area contributed by atoms with Crippen molar-refractivity contribution in [1.29, 1.82) is 0 Å². The summed E-state index contributed by atoms with van der Waals surface area (Å²) in [4.78, 5) is 30.5. The third-order valence-electron chi connectivity index (χ3n) is 9.42. The fraction of sp³-hybridized carbons (Fsp3) is 0.600. The molecule has 3 aliphatic carbocycles. The monoisotopic (exact) mass is 571 g/mol. The Morgan fingerprint density at radius 1 is 1.22 bits per heavy atom. The fourth-order valence-electron chi connectivity index (χ4n) is 7.63. The molecule has 0 radical (unpaired) electrons. The highest BCUT2D eigenvalue weighted by atomic mass is 16.5. The summed E-state index contributed by atoms with van der Waals surface area (Å²) in [5.74, 6) is -1.83. The van der Waals surface area contributed by atoms with Gasteiger partial charge in [0.1, 0.15) is 28.6 Å². The van der Waals surface area contributed by atoms with Crippen LogP contribution in [0.5, 0.6) is 11.5 Å². The van der Waals surface area contributed by atoms with E-state index in [0.29, 0.717) is 36.6 Å². The number of nitrogens with two attached hydrogens (primary N) is 1. The van der Waals surface area contributed by atoms with Crippen LogP contribution in [0.2, 0.25) is 0 Å². The van der Waals surface area contributed by atoms with Crippen molar-refractivity contribution in [3.63, 3.8) is 0 Å². The maximum atomic E-state index is 14.3. The molecule has 0 aromatic heterocycles. The average molecular weight is 572 g/mol. The highest BCUT2D eigenvalue weighted by molar-refractivity contribution is 6.10. The number of carbonyl (C=O) groups is 2. The first-order valence-corrected chi connectivity index (χ1v) is 14.0. The van der Waals surface area contributed by atoms with Crippen molar-refractivity contribution in [2.75, 3.05) is 55.1 Å². The van der Waals surface area contributed by atoms with Crippen LogP contribution in [0.4, 0.5) is 0 Å². The first-order chi connectivity index (χ1) is 19.4. The molecule has 2 fully saturated rings. The number of phenolic OH excluding ortho intramolecular Hbond substituents is 1. The zero-order valence-corrected chi connectivity index (χ0v) is 24.4. The summed E-state index contributed by atoms with van der Waals surface area (Å²) in [6.07, 6.45) is 1.53. The van der Waals surface area contributed by atoms with Crippen molar-refractivity contribution in [2.45, 2.75) is 43.9 Å². The lowest BCUT2D eigenvalue weighted by Gasteiger charge is -2.53. The van der Waals surface area contributed by atoms with Crippen LogP contribution in [0.15, 0.2) is 23.0 Å². The van der Waals surface area contributed by atoms with Gasteiger partial charge in [-0.3, -0.25) is 14.5 Å². The number of primary amides is 1. The number of benzene rings is 1. The molecule has 5 N–H and O–H groups in total. The number of methoxy groups -OCH3 is 2. The second-order valence-electron chi connectivity index (χ2n) is 12.1. The molecule has 1 aromatic rings. The minimum absolute atomic E-state index is 0.0626. The molecule has 11 nitrogen and oxygen atoms in total. The van der Waals surface area contributed by atoms with Gasteiger partial charge in [-0.15, -0.1) is 0 Å². The van der Waals surface area contributed by atoms with Crippen LogP contribution >= 0.6 is 0 Å². The van der Waals surface area contributed by atoms with Crippen molar-refractivity contribution in [2.24, 2.45) is 23.5 Å². The number of rotatable bonds is 8. The molecule has 1 amide bonds. The second-order valence-corrected chi connectivity index (χ2v) is 12.1. The number of aliphatic hydroxyl groups excluding tert-OH is 2. The highest BCUT2D eigenvalue weighted by Gasteiger charge is 2.61. The zero-order chi connectivity index (χ0) is 29.8. The second kappa shape index (κ2) is 10.9. The molecule has 224 valence electrons. The van der Waals surface area contributed by atoms with Crippen LogP contribution in [-0.4, -0.2) is 104 Å². The van der Waals surface area contributed by atoms with Gasteiger partial charge in [0.25, 0.3) is 0 Å². The number of ketones is 1. The standard InChI is InChI=1S/C30H41N3O8/c1-32(2)24-20-9-16-8-18-23(21(34)10-17(27(18)39-4)13-33(3)12-15-6-7-41-14-15)26(36)22(16)28(37)30(20,40-5)11-19(25(24)35)29(31)38/h10,15-16,20,24,34-36H,6-9,11-14H2,1-5H3,(H2,31,38)/t15?,16-,20-,24-,30-/m0/s1. The van der Waals surface area contributed by atoms with E-state index in [9.17, 15) is 24.9 Å². The van der Waals surface area contributed by atoms with Crippen LogP contribution < -0.4 is 10.5 Å². The Bertz CT molecular complexity index is 1320. The van der Waals surface area contributed by atoms with Gasteiger partial charge in [0.05, 0.1) is 30.9 Å². The number of aliphatic hydroxyl groups is 2. The molecule has 1 unspecified atom stereocenters. The molecule has 1 saturated carbocycles. The van der Waals surface area contributed by atoms with E-state index < -0.39 is 35.2 Å². The Labute approximate surface area is 240 Å². The number of ether oxygens (including phenoxy) is 3. The molecule has 41 heavy (non-hydrogen) atoms. The molecule has 11 heteroatoms. The molecule has 1 heterocycles. The number of Topliss-reactive ketones (excluding diaryl/α,β-unsaturated/α-hetero) is 1. The van der Waals surface area contributed by atoms with Gasteiger partial charge in [-0.2, -0.15) is 0 Å². The number of aromatic hydroxyl groups is 1. The molecule has 4 aliphatic rings. The topological polar surface area (TPSA) is 155 Å². The Hall–Kier alpha value is -3.12. The van der Waals surface area contributed by atoms with Crippen molar-refractivity contribution in [1.82, 2.24) is 9.80 Å². The quantitative estimate of drug-likeness (QED) is 0.364. The Morgan fingerprint density at radius 2 is 1.95 bits per heavy atom. The van der Waals surface area contributed by atoms with Crippen molar-refractivity contribution in [3.8, 4) is 11.5 Å². The summed E-state index contributed by atoms with van der Waals surface area (Å²) in [7, 11) is 8.50. The van der Waals surface area contributed by atoms with Crippen molar-refractivity contribution >= 4 is 17.4 Å². The average Bonchev–Trinajstić information content (AvgIpc) is 3.41. The number of likely N-dealkylation sites (N-methyl/N-ethyl adjacent to an activating group) is 1. The molecule has 0 spiro atoms. The summed E-state index contributed by atoms with van der Waals surface area (Å²) in [6, 6.07) is 0.892. The molecular formula is C30H41N3O8. The molecular weight excluding hydrogens is 530 g/mol. The Kier molecular flexibility index (Phi) is 7.84. The predicted molar refractivity (Wildman–Crippen MR) is 150 cm³/mol. The van der Waals surface area contributed by atoms with E-state index in [2.05, 4.69) is 4.90 Å². The van der Waals surface area contributed by atoms with E-state index in [1.165, 1.54) is 7.11 Å². The maximum absolute atomic E-state index is 14.3. The van der Waals surface area contributed by atoms with E-state index in [1.54, 1.807) is 32.2 Å². The van der Waals surface area contributed by atoms with Gasteiger partial charge in [-0.25, -0.2) is 0 Å². The first kappa shape index (κ1) is 29.4. The number of hydrogen-bond acceptors (Lipinski definition) is 10. The lowest BCUT2D eigenvalue weighted by molar-refractivity contribution is -0.157. The van der Waals surface area contributed by atoms with Gasteiger partial charge in [-0.1, -0.05) is 0 Å². The van der Waals surface area contributed by atoms with Crippen LogP contribution in [0.3, 0.4) is 0 Å². The van der Waals surface area contributed by atoms with Crippen molar-refractivity contribution < 1.29 is 39.1 Å². The van der Waals surface area contributed by atoms with E-state index >= 15 is 0 Å². The first-order valence-electron chi connectivity index (χ1n) is 14.0. The summed E-state index contributed by atoms with van der Waals surface area (Å²) < 4.78 is 17.3. The van der Waals surface area contributed by atoms with Gasteiger partial charge in [0, 0.05) is 55.8 Å². The summed E-state index contributed by atoms with van der Waals surface area (Å²) in [5, 5.41) is 33.9. The van der Waals surface area contributed by atoms with Crippen LogP contribution in [0.25, 0.3) is 5.76 Å². The largest absolute Gasteiger partial charge is 0.510 e. The summed E-state index contributed by atoms with van der Waals surface area (Å²) in [5.41, 5.74) is 5.78. The molecule has 5 atom stereocenters. The van der Waals surface area contributed by atoms with Crippen LogP contribution in [0.1, 0.15) is 36.0 Å². The fourth-order valence-corrected chi connectivity index (χ4v) is 7.63. The number of carbonyl (C=O) groups excluding carboxylic acids is 2. The minimum atomic E-state index is -1.52. The lowest BCUT2D eigenvalue weighted by Crippen LogP contribution is -2.63. The maximum Gasteiger partial charge on any atom is 0.248 e. The van der Waals surface area contributed by atoms with E-state index in [-0.39, 0.29) is 40.4 Å². The van der Waals surface area contributed by atoms with Gasteiger partial charge in [-0.05, 0) is 58.3 Å². The summed E-state index contributed by atoms with van der Waals surface area (Å²) in [6.45, 7) is 2.86.